The van der Waals surface area contributed by atoms with Crippen molar-refractivity contribution in [2.75, 3.05) is 18.5 Å². The standard InChI is InChI=1S/C23H23F3N2O3/c1-15(2)31-13-7-12-28-21(29)19(16-8-4-3-5-9-16)20(22(28)30)27-18-11-6-10-17(14-18)23(24,25)26/h3-6,8-11,14-15,27H,7,12-13H2,1-2H3. The molecule has 0 saturated heterocycles. The lowest BCUT2D eigenvalue weighted by Crippen LogP contribution is -2.34. The number of amides is 2. The number of nitrogens with one attached hydrogen (secondary N) is 1. The van der Waals surface area contributed by atoms with E-state index in [-0.39, 0.29) is 29.6 Å². The molecule has 2 aromatic carbocycles. The van der Waals surface area contributed by atoms with Gasteiger partial charge in [-0.25, -0.2) is 0 Å². The summed E-state index contributed by atoms with van der Waals surface area (Å²) in [5.41, 5.74) is -0.174. The molecule has 0 aliphatic carbocycles. The summed E-state index contributed by atoms with van der Waals surface area (Å²) < 4.78 is 44.7. The lowest BCUT2D eigenvalue weighted by atomic mass is 10.0. The number of hydrogen-bond acceptors (Lipinski definition) is 4. The molecule has 164 valence electrons. The molecule has 0 radical (unpaired) electrons. The molecule has 1 N–H and O–H groups in total. The highest BCUT2D eigenvalue weighted by molar-refractivity contribution is 6.36. The first kappa shape index (κ1) is 22.6. The summed E-state index contributed by atoms with van der Waals surface area (Å²) in [6.45, 7) is 4.30. The zero-order chi connectivity index (χ0) is 22.6. The number of carbonyl (C=O) groups is 2. The molecule has 3 rings (SSSR count). The first-order valence-electron chi connectivity index (χ1n) is 9.90. The molecule has 0 spiro atoms. The Labute approximate surface area is 178 Å². The van der Waals surface area contributed by atoms with Crippen LogP contribution in [0.25, 0.3) is 5.57 Å². The van der Waals surface area contributed by atoms with Crippen molar-refractivity contribution in [1.29, 1.82) is 0 Å². The number of nitrogens with zero attached hydrogens (tertiary/aromatic N) is 1. The zero-order valence-corrected chi connectivity index (χ0v) is 17.2. The van der Waals surface area contributed by atoms with Crippen molar-refractivity contribution >= 4 is 23.1 Å². The summed E-state index contributed by atoms with van der Waals surface area (Å²) in [4.78, 5) is 27.2. The molecule has 0 saturated carbocycles. The highest BCUT2D eigenvalue weighted by atomic mass is 19.4. The Bertz CT molecular complexity index is 985. The average Bonchev–Trinajstić information content (AvgIpc) is 2.95. The van der Waals surface area contributed by atoms with E-state index in [1.54, 1.807) is 30.3 Å². The van der Waals surface area contributed by atoms with Crippen LogP contribution >= 0.6 is 0 Å². The molecule has 0 aromatic heterocycles. The van der Waals surface area contributed by atoms with Gasteiger partial charge in [-0.05, 0) is 44.0 Å². The van der Waals surface area contributed by atoms with E-state index in [0.29, 0.717) is 18.6 Å². The van der Waals surface area contributed by atoms with Gasteiger partial charge >= 0.3 is 6.18 Å². The summed E-state index contributed by atoms with van der Waals surface area (Å²) in [7, 11) is 0. The molecule has 1 heterocycles. The molecule has 31 heavy (non-hydrogen) atoms. The molecule has 5 nitrogen and oxygen atoms in total. The maximum atomic E-state index is 13.1. The quantitative estimate of drug-likeness (QED) is 0.485. The van der Waals surface area contributed by atoms with Gasteiger partial charge in [0.1, 0.15) is 5.70 Å². The van der Waals surface area contributed by atoms with Gasteiger partial charge in [0, 0.05) is 18.8 Å². The topological polar surface area (TPSA) is 58.6 Å². The van der Waals surface area contributed by atoms with Crippen molar-refractivity contribution in [3.63, 3.8) is 0 Å². The molecule has 0 atom stereocenters. The zero-order valence-electron chi connectivity index (χ0n) is 17.2. The highest BCUT2D eigenvalue weighted by Gasteiger charge is 2.39. The molecule has 8 heteroatoms. The SMILES string of the molecule is CC(C)OCCCN1C(=O)C(Nc2cccc(C(F)(F)F)c2)=C(c2ccccc2)C1=O. The number of carbonyl (C=O) groups excluding carboxylic acids is 2. The van der Waals surface area contributed by atoms with E-state index >= 15 is 0 Å². The van der Waals surface area contributed by atoms with Crippen LogP contribution < -0.4 is 5.32 Å². The second-order valence-corrected chi connectivity index (χ2v) is 7.35. The van der Waals surface area contributed by atoms with Crippen LogP contribution in [0.3, 0.4) is 0 Å². The fourth-order valence-corrected chi connectivity index (χ4v) is 3.23. The number of ether oxygens (including phenoxy) is 1. The monoisotopic (exact) mass is 432 g/mol. The summed E-state index contributed by atoms with van der Waals surface area (Å²) in [5.74, 6) is -1.07. The Morgan fingerprint density at radius 3 is 2.35 bits per heavy atom. The first-order chi connectivity index (χ1) is 14.7. The Morgan fingerprint density at radius 2 is 1.71 bits per heavy atom. The van der Waals surface area contributed by atoms with Crippen LogP contribution in [-0.4, -0.2) is 36.0 Å². The first-order valence-corrected chi connectivity index (χ1v) is 9.90. The predicted octanol–water partition coefficient (Wildman–Crippen LogP) is 4.71. The van der Waals surface area contributed by atoms with E-state index in [0.717, 1.165) is 17.0 Å². The second kappa shape index (κ2) is 9.34. The summed E-state index contributed by atoms with van der Waals surface area (Å²) in [5, 5.41) is 2.76. The molecule has 1 aliphatic rings. The maximum absolute atomic E-state index is 13.1. The Balaban J connectivity index is 1.91. The van der Waals surface area contributed by atoms with Crippen molar-refractivity contribution in [2.45, 2.75) is 32.5 Å². The summed E-state index contributed by atoms with van der Waals surface area (Å²) in [6, 6.07) is 13.1. The van der Waals surface area contributed by atoms with E-state index in [9.17, 15) is 22.8 Å². The van der Waals surface area contributed by atoms with Crippen LogP contribution in [-0.2, 0) is 20.5 Å². The van der Waals surface area contributed by atoms with E-state index in [4.69, 9.17) is 4.74 Å². The van der Waals surface area contributed by atoms with E-state index < -0.39 is 23.6 Å². The number of alkyl halides is 3. The predicted molar refractivity (Wildman–Crippen MR) is 111 cm³/mol. The van der Waals surface area contributed by atoms with Crippen molar-refractivity contribution in [1.82, 2.24) is 4.90 Å². The van der Waals surface area contributed by atoms with Crippen molar-refractivity contribution in [3.05, 3.63) is 71.4 Å². The molecule has 2 amide bonds. The third-order valence-corrected chi connectivity index (χ3v) is 4.67. The lowest BCUT2D eigenvalue weighted by Gasteiger charge is -2.16. The van der Waals surface area contributed by atoms with Gasteiger partial charge in [0.05, 0.1) is 17.2 Å². The number of anilines is 1. The Hall–Kier alpha value is -3.13. The minimum Gasteiger partial charge on any atom is -0.379 e. The van der Waals surface area contributed by atoms with Gasteiger partial charge in [0.25, 0.3) is 11.8 Å². The van der Waals surface area contributed by atoms with E-state index in [2.05, 4.69) is 5.32 Å². The number of hydrogen-bond donors (Lipinski definition) is 1. The fourth-order valence-electron chi connectivity index (χ4n) is 3.23. The number of imide groups is 1. The fraction of sp³-hybridized carbons (Fsp3) is 0.304. The third-order valence-electron chi connectivity index (χ3n) is 4.67. The van der Waals surface area contributed by atoms with Gasteiger partial charge in [0.15, 0.2) is 0 Å². The number of halogens is 3. The van der Waals surface area contributed by atoms with Gasteiger partial charge in [0.2, 0.25) is 0 Å². The molecule has 1 aliphatic heterocycles. The minimum absolute atomic E-state index is 0.0288. The van der Waals surface area contributed by atoms with Crippen LogP contribution in [0.15, 0.2) is 60.3 Å². The number of benzene rings is 2. The average molecular weight is 432 g/mol. The van der Waals surface area contributed by atoms with Crippen LogP contribution in [0.5, 0.6) is 0 Å². The van der Waals surface area contributed by atoms with Gasteiger partial charge in [-0.1, -0.05) is 36.4 Å². The summed E-state index contributed by atoms with van der Waals surface area (Å²) >= 11 is 0. The Kier molecular flexibility index (Phi) is 6.80. The summed E-state index contributed by atoms with van der Waals surface area (Å²) in [6.07, 6.45) is -4.04. The maximum Gasteiger partial charge on any atom is 0.416 e. The van der Waals surface area contributed by atoms with Crippen LogP contribution in [0, 0.1) is 0 Å². The highest BCUT2D eigenvalue weighted by Crippen LogP contribution is 2.33. The normalized spacial score (nSPS) is 14.7. The molecule has 0 fully saturated rings. The lowest BCUT2D eigenvalue weighted by molar-refractivity contribution is -0.138. The Morgan fingerprint density at radius 1 is 1.00 bits per heavy atom. The molecular weight excluding hydrogens is 409 g/mol. The van der Waals surface area contributed by atoms with Crippen molar-refractivity contribution < 1.29 is 27.5 Å². The van der Waals surface area contributed by atoms with Gasteiger partial charge in [-0.15, -0.1) is 0 Å². The molecule has 2 aromatic rings. The third kappa shape index (κ3) is 5.32. The molecular formula is C23H23F3N2O3. The van der Waals surface area contributed by atoms with E-state index in [1.807, 2.05) is 13.8 Å². The molecule has 0 bridgehead atoms. The smallest absolute Gasteiger partial charge is 0.379 e. The molecule has 0 unspecified atom stereocenters. The van der Waals surface area contributed by atoms with Gasteiger partial charge in [-0.2, -0.15) is 13.2 Å². The largest absolute Gasteiger partial charge is 0.416 e. The van der Waals surface area contributed by atoms with Gasteiger partial charge < -0.3 is 10.1 Å². The number of rotatable bonds is 8. The van der Waals surface area contributed by atoms with Crippen molar-refractivity contribution in [2.24, 2.45) is 0 Å². The van der Waals surface area contributed by atoms with Crippen LogP contribution in [0.4, 0.5) is 18.9 Å². The second-order valence-electron chi connectivity index (χ2n) is 7.35. The minimum atomic E-state index is -4.52. The van der Waals surface area contributed by atoms with Gasteiger partial charge in [-0.3, -0.25) is 14.5 Å². The van der Waals surface area contributed by atoms with Crippen LogP contribution in [0.1, 0.15) is 31.4 Å². The van der Waals surface area contributed by atoms with Crippen molar-refractivity contribution in [3.8, 4) is 0 Å². The van der Waals surface area contributed by atoms with E-state index in [1.165, 1.54) is 12.1 Å². The van der Waals surface area contributed by atoms with Crippen LogP contribution in [0.2, 0.25) is 0 Å².